The van der Waals surface area contributed by atoms with Crippen LogP contribution in [0.15, 0.2) is 27.4 Å². The second-order valence-corrected chi connectivity index (χ2v) is 7.40. The van der Waals surface area contributed by atoms with Crippen molar-refractivity contribution < 1.29 is 18.7 Å². The smallest absolute Gasteiger partial charge is 0.408 e. The maximum absolute atomic E-state index is 12.5. The SMILES string of the molecule is COC1CCN(CC(=O)Nc2ccc3c(c2)oc(=O)n3C)CC12CCCO2. The number of amides is 1. The van der Waals surface area contributed by atoms with Crippen molar-refractivity contribution in [3.63, 3.8) is 0 Å². The molecule has 2 aliphatic heterocycles. The molecule has 2 aliphatic rings. The van der Waals surface area contributed by atoms with Crippen LogP contribution in [0, 0.1) is 0 Å². The Labute approximate surface area is 157 Å². The third kappa shape index (κ3) is 3.40. The van der Waals surface area contributed by atoms with E-state index in [1.54, 1.807) is 32.4 Å². The predicted octanol–water partition coefficient (Wildman–Crippen LogP) is 1.34. The van der Waals surface area contributed by atoms with E-state index in [0.717, 1.165) is 32.4 Å². The number of carbonyl (C=O) groups excluding carboxylic acids is 1. The fraction of sp³-hybridized carbons (Fsp3) is 0.579. The molecule has 1 amide bonds. The summed E-state index contributed by atoms with van der Waals surface area (Å²) in [7, 11) is 3.38. The quantitative estimate of drug-likeness (QED) is 0.868. The van der Waals surface area contributed by atoms with Crippen molar-refractivity contribution in [3.8, 4) is 0 Å². The van der Waals surface area contributed by atoms with Gasteiger partial charge in [-0.25, -0.2) is 4.79 Å². The highest BCUT2D eigenvalue weighted by molar-refractivity contribution is 5.94. The van der Waals surface area contributed by atoms with E-state index in [1.165, 1.54) is 4.57 Å². The first kappa shape index (κ1) is 18.2. The lowest BCUT2D eigenvalue weighted by Crippen LogP contribution is -2.58. The summed E-state index contributed by atoms with van der Waals surface area (Å²) in [5, 5.41) is 2.89. The van der Waals surface area contributed by atoms with Gasteiger partial charge in [-0.1, -0.05) is 0 Å². The molecule has 4 rings (SSSR count). The molecule has 0 aliphatic carbocycles. The zero-order chi connectivity index (χ0) is 19.0. The molecule has 27 heavy (non-hydrogen) atoms. The van der Waals surface area contributed by atoms with E-state index in [-0.39, 0.29) is 24.2 Å². The second-order valence-electron chi connectivity index (χ2n) is 7.40. The third-order valence-corrected chi connectivity index (χ3v) is 5.65. The van der Waals surface area contributed by atoms with Crippen LogP contribution in [0.2, 0.25) is 0 Å². The number of hydrogen-bond acceptors (Lipinski definition) is 6. The number of anilines is 1. The molecule has 2 aromatic rings. The molecule has 1 N–H and O–H groups in total. The van der Waals surface area contributed by atoms with Gasteiger partial charge in [0.1, 0.15) is 5.60 Å². The molecule has 2 atom stereocenters. The first-order valence-electron chi connectivity index (χ1n) is 9.29. The zero-order valence-corrected chi connectivity index (χ0v) is 15.7. The van der Waals surface area contributed by atoms with Crippen LogP contribution in [0.5, 0.6) is 0 Å². The Morgan fingerprint density at radius 3 is 3.04 bits per heavy atom. The van der Waals surface area contributed by atoms with E-state index in [0.29, 0.717) is 23.3 Å². The van der Waals surface area contributed by atoms with Gasteiger partial charge in [0, 0.05) is 45.6 Å². The van der Waals surface area contributed by atoms with Crippen molar-refractivity contribution in [2.45, 2.75) is 31.0 Å². The van der Waals surface area contributed by atoms with Crippen LogP contribution < -0.4 is 11.1 Å². The van der Waals surface area contributed by atoms with Gasteiger partial charge in [-0.05, 0) is 31.4 Å². The number of carbonyl (C=O) groups is 1. The molecule has 8 nitrogen and oxygen atoms in total. The Hall–Kier alpha value is -2.16. The lowest BCUT2D eigenvalue weighted by Gasteiger charge is -2.44. The van der Waals surface area contributed by atoms with Gasteiger partial charge < -0.3 is 19.2 Å². The molecule has 0 saturated carbocycles. The number of nitrogens with one attached hydrogen (secondary N) is 1. The number of fused-ring (bicyclic) bond motifs is 1. The number of ether oxygens (including phenoxy) is 2. The maximum atomic E-state index is 12.5. The summed E-state index contributed by atoms with van der Waals surface area (Å²) in [6.45, 7) is 2.54. The molecule has 1 aromatic carbocycles. The van der Waals surface area contributed by atoms with Crippen LogP contribution in [0.3, 0.4) is 0 Å². The van der Waals surface area contributed by atoms with Crippen LogP contribution in [-0.2, 0) is 21.3 Å². The fourth-order valence-electron chi connectivity index (χ4n) is 4.30. The molecule has 1 aromatic heterocycles. The largest absolute Gasteiger partial charge is 0.419 e. The number of aromatic nitrogens is 1. The number of aryl methyl sites for hydroxylation is 1. The molecule has 0 radical (unpaired) electrons. The summed E-state index contributed by atoms with van der Waals surface area (Å²) in [6.07, 6.45) is 2.93. The Bertz CT molecular complexity index is 896. The molecule has 3 heterocycles. The number of rotatable bonds is 4. The molecule has 2 fully saturated rings. The van der Waals surface area contributed by atoms with Gasteiger partial charge in [0.25, 0.3) is 0 Å². The van der Waals surface area contributed by atoms with Crippen LogP contribution >= 0.6 is 0 Å². The number of nitrogens with zero attached hydrogens (tertiary/aromatic N) is 2. The molecule has 146 valence electrons. The van der Waals surface area contributed by atoms with Gasteiger partial charge in [-0.2, -0.15) is 0 Å². The van der Waals surface area contributed by atoms with Gasteiger partial charge in [-0.3, -0.25) is 14.3 Å². The van der Waals surface area contributed by atoms with Crippen LogP contribution in [0.25, 0.3) is 11.1 Å². The van der Waals surface area contributed by atoms with Crippen molar-refractivity contribution in [2.75, 3.05) is 38.7 Å². The number of benzene rings is 1. The van der Waals surface area contributed by atoms with Crippen molar-refractivity contribution >= 4 is 22.7 Å². The molecule has 2 unspecified atom stereocenters. The highest BCUT2D eigenvalue weighted by Crippen LogP contribution is 2.36. The van der Waals surface area contributed by atoms with E-state index < -0.39 is 5.76 Å². The number of likely N-dealkylation sites (tertiary alicyclic amines) is 1. The number of methoxy groups -OCH3 is 1. The van der Waals surface area contributed by atoms with E-state index in [2.05, 4.69) is 10.2 Å². The maximum Gasteiger partial charge on any atom is 0.419 e. The summed E-state index contributed by atoms with van der Waals surface area (Å²) in [5.74, 6) is -0.520. The van der Waals surface area contributed by atoms with E-state index in [9.17, 15) is 9.59 Å². The van der Waals surface area contributed by atoms with Crippen molar-refractivity contribution in [3.05, 3.63) is 28.7 Å². The van der Waals surface area contributed by atoms with Crippen molar-refractivity contribution in [2.24, 2.45) is 7.05 Å². The first-order valence-corrected chi connectivity index (χ1v) is 9.29. The molecule has 2 saturated heterocycles. The van der Waals surface area contributed by atoms with E-state index in [1.807, 2.05) is 0 Å². The third-order valence-electron chi connectivity index (χ3n) is 5.65. The normalized spacial score (nSPS) is 26.1. The average Bonchev–Trinajstić information content (AvgIpc) is 3.20. The minimum atomic E-state index is -0.420. The van der Waals surface area contributed by atoms with Crippen LogP contribution in [0.1, 0.15) is 19.3 Å². The van der Waals surface area contributed by atoms with Crippen molar-refractivity contribution in [1.29, 1.82) is 0 Å². The number of hydrogen-bond donors (Lipinski definition) is 1. The Kier molecular flexibility index (Phi) is 4.79. The highest BCUT2D eigenvalue weighted by atomic mass is 16.6. The molecule has 1 spiro atoms. The van der Waals surface area contributed by atoms with Gasteiger partial charge >= 0.3 is 5.76 Å². The van der Waals surface area contributed by atoms with E-state index in [4.69, 9.17) is 13.9 Å². The van der Waals surface area contributed by atoms with Gasteiger partial charge in [0.05, 0.1) is 18.2 Å². The summed E-state index contributed by atoms with van der Waals surface area (Å²) in [6, 6.07) is 5.21. The lowest BCUT2D eigenvalue weighted by molar-refractivity contribution is -0.146. The Morgan fingerprint density at radius 2 is 2.30 bits per heavy atom. The zero-order valence-electron chi connectivity index (χ0n) is 15.7. The van der Waals surface area contributed by atoms with Gasteiger partial charge in [0.2, 0.25) is 5.91 Å². The summed E-state index contributed by atoms with van der Waals surface area (Å²) < 4.78 is 18.3. The first-order chi connectivity index (χ1) is 13.0. The van der Waals surface area contributed by atoms with Gasteiger partial charge in [-0.15, -0.1) is 0 Å². The summed E-state index contributed by atoms with van der Waals surface area (Å²) in [4.78, 5) is 26.2. The highest BCUT2D eigenvalue weighted by Gasteiger charge is 2.47. The molecule has 8 heteroatoms. The monoisotopic (exact) mass is 375 g/mol. The second kappa shape index (κ2) is 7.10. The summed E-state index contributed by atoms with van der Waals surface area (Å²) in [5.41, 5.74) is 1.47. The van der Waals surface area contributed by atoms with Crippen LogP contribution in [-0.4, -0.2) is 60.4 Å². The molecule has 0 bridgehead atoms. The number of oxazole rings is 1. The topological polar surface area (TPSA) is 85.9 Å². The van der Waals surface area contributed by atoms with E-state index >= 15 is 0 Å². The average molecular weight is 375 g/mol. The standard InChI is InChI=1S/C19H25N3O5/c1-21-14-5-4-13(10-15(14)27-18(21)24)20-17(23)11-22-8-6-16(25-2)19(12-22)7-3-9-26-19/h4-5,10,16H,3,6-9,11-12H2,1-2H3,(H,20,23). The minimum absolute atomic E-state index is 0.0858. The van der Waals surface area contributed by atoms with Crippen molar-refractivity contribution in [1.82, 2.24) is 9.47 Å². The predicted molar refractivity (Wildman–Crippen MR) is 99.9 cm³/mol. The van der Waals surface area contributed by atoms with Crippen LogP contribution in [0.4, 0.5) is 5.69 Å². The molecular formula is C19H25N3O5. The van der Waals surface area contributed by atoms with Gasteiger partial charge in [0.15, 0.2) is 5.58 Å². The lowest BCUT2D eigenvalue weighted by atomic mass is 9.87. The number of piperidine rings is 1. The molecular weight excluding hydrogens is 350 g/mol. The summed E-state index contributed by atoms with van der Waals surface area (Å²) >= 11 is 0. The minimum Gasteiger partial charge on any atom is -0.408 e. The Balaban J connectivity index is 1.41. The fourth-order valence-corrected chi connectivity index (χ4v) is 4.30. The Morgan fingerprint density at radius 1 is 1.44 bits per heavy atom.